The first-order valence-corrected chi connectivity index (χ1v) is 3.71. The third kappa shape index (κ3) is 5.72. The normalized spacial score (nSPS) is 12.2. The van der Waals surface area contributed by atoms with Crippen LogP contribution >= 0.6 is 12.6 Å². The summed E-state index contributed by atoms with van der Waals surface area (Å²) in [7, 11) is 0. The van der Waals surface area contributed by atoms with E-state index in [1.807, 2.05) is 0 Å². The van der Waals surface area contributed by atoms with Gasteiger partial charge < -0.3 is 10.4 Å². The van der Waals surface area contributed by atoms with Crippen molar-refractivity contribution < 1.29 is 14.7 Å². The Balaban J connectivity index is 3.39. The van der Waals surface area contributed by atoms with E-state index in [0.717, 1.165) is 0 Å². The van der Waals surface area contributed by atoms with Gasteiger partial charge in [0.25, 0.3) is 0 Å². The molecule has 0 saturated carbocycles. The lowest BCUT2D eigenvalue weighted by molar-refractivity contribution is -0.136. The lowest BCUT2D eigenvalue weighted by atomic mass is 10.3. The van der Waals surface area contributed by atoms with E-state index in [2.05, 4.69) is 17.9 Å². The minimum atomic E-state index is -0.960. The maximum Gasteiger partial charge on any atom is 0.316 e. The maximum absolute atomic E-state index is 10.3. The maximum atomic E-state index is 10.3. The van der Waals surface area contributed by atoms with E-state index in [4.69, 9.17) is 5.11 Å². The van der Waals surface area contributed by atoms with E-state index in [1.165, 1.54) is 6.92 Å². The lowest BCUT2D eigenvalue weighted by Gasteiger charge is -2.04. The molecule has 0 unspecified atom stereocenters. The van der Waals surface area contributed by atoms with E-state index >= 15 is 0 Å². The topological polar surface area (TPSA) is 66.4 Å². The summed E-state index contributed by atoms with van der Waals surface area (Å²) in [5.41, 5.74) is 0. The Morgan fingerprint density at radius 3 is 2.55 bits per heavy atom. The van der Waals surface area contributed by atoms with Crippen LogP contribution in [0.25, 0.3) is 0 Å². The Kier molecular flexibility index (Phi) is 4.69. The zero-order valence-electron chi connectivity index (χ0n) is 6.20. The fraction of sp³-hybridized carbons (Fsp3) is 0.667. The third-order valence-electron chi connectivity index (χ3n) is 1.08. The number of aliphatic carboxylic acids is 1. The van der Waals surface area contributed by atoms with Crippen LogP contribution in [-0.2, 0) is 9.59 Å². The van der Waals surface area contributed by atoms with Gasteiger partial charge in [-0.1, -0.05) is 0 Å². The first-order valence-electron chi connectivity index (χ1n) is 3.19. The van der Waals surface area contributed by atoms with Gasteiger partial charge in [0.05, 0.1) is 0 Å². The summed E-state index contributed by atoms with van der Waals surface area (Å²) in [4.78, 5) is 20.5. The molecule has 4 nitrogen and oxygen atoms in total. The van der Waals surface area contributed by atoms with Gasteiger partial charge >= 0.3 is 5.97 Å². The molecule has 0 aliphatic heterocycles. The first-order chi connectivity index (χ1) is 5.04. The molecule has 0 radical (unpaired) electrons. The predicted molar refractivity (Wildman–Crippen MR) is 43.7 cm³/mol. The molecule has 1 atom stereocenters. The van der Waals surface area contributed by atoms with Crippen LogP contribution in [0.3, 0.4) is 0 Å². The van der Waals surface area contributed by atoms with E-state index in [-0.39, 0.29) is 5.91 Å². The molecule has 0 aromatic carbocycles. The Labute approximate surface area is 70.4 Å². The Hall–Kier alpha value is -0.710. The molecule has 64 valence electrons. The van der Waals surface area contributed by atoms with Crippen molar-refractivity contribution in [1.29, 1.82) is 0 Å². The molecule has 1 amide bonds. The number of carboxylic acids is 1. The number of rotatable bonds is 4. The highest BCUT2D eigenvalue weighted by Crippen LogP contribution is 1.98. The van der Waals surface area contributed by atoms with Crippen molar-refractivity contribution in [2.75, 3.05) is 6.54 Å². The summed E-state index contributed by atoms with van der Waals surface area (Å²) >= 11 is 3.78. The van der Waals surface area contributed by atoms with Crippen molar-refractivity contribution >= 4 is 24.5 Å². The van der Waals surface area contributed by atoms with Crippen molar-refractivity contribution in [3.8, 4) is 0 Å². The van der Waals surface area contributed by atoms with Gasteiger partial charge in [-0.15, -0.1) is 0 Å². The highest BCUT2D eigenvalue weighted by molar-refractivity contribution is 7.81. The number of carbonyl (C=O) groups is 2. The van der Waals surface area contributed by atoms with Gasteiger partial charge in [0, 0.05) is 13.5 Å². The SMILES string of the molecule is CC(=O)NCC[C@H](S)C(=O)O. The fourth-order valence-corrected chi connectivity index (χ4v) is 0.637. The summed E-state index contributed by atoms with van der Waals surface area (Å²) in [6.45, 7) is 1.74. The lowest BCUT2D eigenvalue weighted by Crippen LogP contribution is -2.25. The molecule has 0 fully saturated rings. The fourth-order valence-electron chi connectivity index (χ4n) is 0.508. The van der Waals surface area contributed by atoms with Crippen LogP contribution in [0.2, 0.25) is 0 Å². The largest absolute Gasteiger partial charge is 0.480 e. The summed E-state index contributed by atoms with van der Waals surface area (Å²) in [6, 6.07) is 0. The average Bonchev–Trinajstić information content (AvgIpc) is 1.86. The molecule has 0 bridgehead atoms. The second-order valence-electron chi connectivity index (χ2n) is 2.13. The summed E-state index contributed by atoms with van der Waals surface area (Å²) in [5.74, 6) is -1.12. The molecule has 11 heavy (non-hydrogen) atoms. The zero-order valence-corrected chi connectivity index (χ0v) is 7.10. The van der Waals surface area contributed by atoms with Crippen molar-refractivity contribution in [3.63, 3.8) is 0 Å². The molecule has 5 heteroatoms. The van der Waals surface area contributed by atoms with Crippen LogP contribution in [-0.4, -0.2) is 28.8 Å². The van der Waals surface area contributed by atoms with E-state index in [0.29, 0.717) is 13.0 Å². The average molecular weight is 177 g/mol. The van der Waals surface area contributed by atoms with Gasteiger partial charge in [0.2, 0.25) is 5.91 Å². The molecule has 2 N–H and O–H groups in total. The number of carboxylic acid groups (broad SMARTS) is 1. The predicted octanol–water partition coefficient (Wildman–Crippen LogP) is -0.104. The summed E-state index contributed by atoms with van der Waals surface area (Å²) < 4.78 is 0. The second-order valence-corrected chi connectivity index (χ2v) is 2.75. The number of amides is 1. The molecule has 0 aliphatic carbocycles. The molecule has 0 rings (SSSR count). The number of thiol groups is 1. The molecule has 0 aromatic heterocycles. The van der Waals surface area contributed by atoms with Crippen molar-refractivity contribution in [1.82, 2.24) is 5.32 Å². The molecular weight excluding hydrogens is 166 g/mol. The van der Waals surface area contributed by atoms with Crippen LogP contribution in [0, 0.1) is 0 Å². The van der Waals surface area contributed by atoms with Crippen molar-refractivity contribution in [2.45, 2.75) is 18.6 Å². The van der Waals surface area contributed by atoms with Gasteiger partial charge in [-0.2, -0.15) is 12.6 Å². The van der Waals surface area contributed by atoms with Gasteiger partial charge in [-0.3, -0.25) is 9.59 Å². The van der Waals surface area contributed by atoms with Crippen LogP contribution in [0.4, 0.5) is 0 Å². The molecule has 0 saturated heterocycles. The zero-order chi connectivity index (χ0) is 8.85. The molecule has 0 aliphatic rings. The van der Waals surface area contributed by atoms with Crippen LogP contribution in [0.5, 0.6) is 0 Å². The smallest absolute Gasteiger partial charge is 0.316 e. The van der Waals surface area contributed by atoms with Gasteiger partial charge in [0.15, 0.2) is 0 Å². The Bertz CT molecular complexity index is 160. The van der Waals surface area contributed by atoms with Gasteiger partial charge in [-0.25, -0.2) is 0 Å². The number of nitrogens with one attached hydrogen (secondary N) is 1. The highest BCUT2D eigenvalue weighted by atomic mass is 32.1. The highest BCUT2D eigenvalue weighted by Gasteiger charge is 2.10. The van der Waals surface area contributed by atoms with Crippen LogP contribution in [0.1, 0.15) is 13.3 Å². The Morgan fingerprint density at radius 2 is 2.18 bits per heavy atom. The van der Waals surface area contributed by atoms with Gasteiger partial charge in [-0.05, 0) is 6.42 Å². The Morgan fingerprint density at radius 1 is 1.64 bits per heavy atom. The monoisotopic (exact) mass is 177 g/mol. The summed E-state index contributed by atoms with van der Waals surface area (Å²) in [6.07, 6.45) is 0.345. The molecule has 0 aromatic rings. The van der Waals surface area contributed by atoms with Crippen molar-refractivity contribution in [3.05, 3.63) is 0 Å². The first kappa shape index (κ1) is 10.3. The van der Waals surface area contributed by atoms with Gasteiger partial charge in [0.1, 0.15) is 5.25 Å². The van der Waals surface area contributed by atoms with E-state index in [9.17, 15) is 9.59 Å². The van der Waals surface area contributed by atoms with Crippen LogP contribution in [0.15, 0.2) is 0 Å². The minimum absolute atomic E-state index is 0.157. The van der Waals surface area contributed by atoms with Crippen LogP contribution < -0.4 is 5.32 Å². The minimum Gasteiger partial charge on any atom is -0.480 e. The number of hydrogen-bond acceptors (Lipinski definition) is 3. The van der Waals surface area contributed by atoms with Crippen molar-refractivity contribution in [2.24, 2.45) is 0 Å². The summed E-state index contributed by atoms with van der Waals surface area (Å²) in [5, 5.41) is 10.1. The number of carbonyl (C=O) groups excluding carboxylic acids is 1. The molecular formula is C6H11NO3S. The quantitative estimate of drug-likeness (QED) is 0.525. The standard InChI is InChI=1S/C6H11NO3S/c1-4(8)7-3-2-5(11)6(9)10/h5,11H,2-3H2,1H3,(H,7,8)(H,9,10)/t5-/m0/s1. The van der Waals surface area contributed by atoms with E-state index in [1.54, 1.807) is 0 Å². The second kappa shape index (κ2) is 5.01. The molecule has 0 spiro atoms. The molecule has 0 heterocycles. The number of hydrogen-bond donors (Lipinski definition) is 3. The third-order valence-corrected chi connectivity index (χ3v) is 1.56. The van der Waals surface area contributed by atoms with E-state index < -0.39 is 11.2 Å².